The van der Waals surface area contributed by atoms with E-state index in [0.717, 1.165) is 29.7 Å². The van der Waals surface area contributed by atoms with Crippen molar-refractivity contribution in [3.63, 3.8) is 0 Å². The van der Waals surface area contributed by atoms with Gasteiger partial charge in [-0.2, -0.15) is 0 Å². The van der Waals surface area contributed by atoms with Crippen molar-refractivity contribution in [3.05, 3.63) is 65.2 Å². The quantitative estimate of drug-likeness (QED) is 0.750. The van der Waals surface area contributed by atoms with Crippen molar-refractivity contribution in [2.45, 2.75) is 31.2 Å². The van der Waals surface area contributed by atoms with Gasteiger partial charge in [0.25, 0.3) is 0 Å². The van der Waals surface area contributed by atoms with Gasteiger partial charge in [-0.1, -0.05) is 18.3 Å². The number of benzene rings is 1. The molecule has 1 saturated heterocycles. The van der Waals surface area contributed by atoms with E-state index in [1.54, 1.807) is 18.3 Å². The second-order valence-electron chi connectivity index (χ2n) is 6.82. The number of hydrogen-bond acceptors (Lipinski definition) is 2. The van der Waals surface area contributed by atoms with E-state index in [1.807, 2.05) is 24.1 Å². The number of fused-ring (bicyclic) bond motifs is 1. The molecule has 2 heterocycles. The lowest BCUT2D eigenvalue weighted by molar-refractivity contribution is -0.129. The van der Waals surface area contributed by atoms with E-state index in [-0.39, 0.29) is 17.6 Å². The van der Waals surface area contributed by atoms with Crippen LogP contribution >= 0.6 is 0 Å². The Labute approximate surface area is 146 Å². The third-order valence-electron chi connectivity index (χ3n) is 5.37. The average Bonchev–Trinajstić information content (AvgIpc) is 3.19. The van der Waals surface area contributed by atoms with E-state index in [2.05, 4.69) is 16.8 Å². The zero-order valence-electron chi connectivity index (χ0n) is 14.1. The molecule has 4 rings (SSSR count). The fraction of sp³-hybridized carbons (Fsp3) is 0.333. The minimum atomic E-state index is -0.270. The molecule has 1 saturated carbocycles. The summed E-state index contributed by atoms with van der Waals surface area (Å²) < 4.78 is 12.9. The van der Waals surface area contributed by atoms with Crippen LogP contribution < -0.4 is 0 Å². The van der Waals surface area contributed by atoms with Crippen molar-refractivity contribution in [1.82, 2.24) is 9.88 Å². The van der Waals surface area contributed by atoms with Gasteiger partial charge >= 0.3 is 0 Å². The summed E-state index contributed by atoms with van der Waals surface area (Å²) >= 11 is 0. The molecule has 1 aliphatic carbocycles. The standard InChI is InChI=1S/C21H19FN2O/c1-24-19-4-2-3-17(19)20(21(24)25)18-12-9-15(13-23-18)6-5-14-7-10-16(22)11-8-14/h7-13,17,19-20H,2-4H2,1H3/t17-,19+,20-/m1/s1. The van der Waals surface area contributed by atoms with Crippen LogP contribution in [0.4, 0.5) is 4.39 Å². The summed E-state index contributed by atoms with van der Waals surface area (Å²) in [4.78, 5) is 19.0. The van der Waals surface area contributed by atoms with Crippen LogP contribution in [0.1, 0.15) is 42.0 Å². The van der Waals surface area contributed by atoms with Crippen molar-refractivity contribution < 1.29 is 9.18 Å². The molecule has 2 aliphatic rings. The number of likely N-dealkylation sites (tertiary alicyclic amines) is 1. The molecule has 3 atom stereocenters. The average molecular weight is 334 g/mol. The Morgan fingerprint density at radius 2 is 1.80 bits per heavy atom. The first-order chi connectivity index (χ1) is 12.1. The molecule has 1 amide bonds. The second-order valence-corrected chi connectivity index (χ2v) is 6.82. The van der Waals surface area contributed by atoms with E-state index >= 15 is 0 Å². The topological polar surface area (TPSA) is 33.2 Å². The molecule has 25 heavy (non-hydrogen) atoms. The summed E-state index contributed by atoms with van der Waals surface area (Å²) in [7, 11) is 1.91. The van der Waals surface area contributed by atoms with Crippen LogP contribution in [0.2, 0.25) is 0 Å². The highest BCUT2D eigenvalue weighted by Gasteiger charge is 2.49. The van der Waals surface area contributed by atoms with Gasteiger partial charge in [0.1, 0.15) is 5.82 Å². The third-order valence-corrected chi connectivity index (χ3v) is 5.37. The molecule has 0 unspecified atom stereocenters. The fourth-order valence-electron chi connectivity index (χ4n) is 4.09. The van der Waals surface area contributed by atoms with Gasteiger partial charge in [0.2, 0.25) is 5.91 Å². The smallest absolute Gasteiger partial charge is 0.232 e. The Balaban J connectivity index is 1.55. The molecule has 0 N–H and O–H groups in total. The van der Waals surface area contributed by atoms with Crippen molar-refractivity contribution in [3.8, 4) is 11.8 Å². The van der Waals surface area contributed by atoms with Crippen LogP contribution in [0.25, 0.3) is 0 Å². The zero-order chi connectivity index (χ0) is 17.4. The monoisotopic (exact) mass is 334 g/mol. The first-order valence-corrected chi connectivity index (χ1v) is 8.64. The normalized spacial score (nSPS) is 24.8. The number of rotatable bonds is 1. The summed E-state index contributed by atoms with van der Waals surface area (Å²) in [5, 5.41) is 0. The Bertz CT molecular complexity index is 848. The number of nitrogens with zero attached hydrogens (tertiary/aromatic N) is 2. The van der Waals surface area contributed by atoms with Crippen molar-refractivity contribution in [2.24, 2.45) is 5.92 Å². The van der Waals surface area contributed by atoms with Gasteiger partial charge in [0.15, 0.2) is 0 Å². The highest BCUT2D eigenvalue weighted by molar-refractivity contribution is 5.86. The minimum Gasteiger partial charge on any atom is -0.342 e. The van der Waals surface area contributed by atoms with Crippen LogP contribution in [0.3, 0.4) is 0 Å². The minimum absolute atomic E-state index is 0.114. The number of amides is 1. The van der Waals surface area contributed by atoms with Gasteiger partial charge in [-0.05, 0) is 55.2 Å². The van der Waals surface area contributed by atoms with Gasteiger partial charge in [-0.25, -0.2) is 4.39 Å². The molecule has 0 bridgehead atoms. The number of halogens is 1. The summed E-state index contributed by atoms with van der Waals surface area (Å²) in [6.07, 6.45) is 5.11. The molecule has 4 heteroatoms. The number of carbonyl (C=O) groups is 1. The maximum atomic E-state index is 12.9. The Morgan fingerprint density at radius 3 is 2.52 bits per heavy atom. The fourth-order valence-corrected chi connectivity index (χ4v) is 4.09. The van der Waals surface area contributed by atoms with Gasteiger partial charge in [-0.15, -0.1) is 0 Å². The number of likely N-dealkylation sites (N-methyl/N-ethyl adjacent to an activating group) is 1. The van der Waals surface area contributed by atoms with Crippen molar-refractivity contribution >= 4 is 5.91 Å². The molecule has 1 aliphatic heterocycles. The maximum absolute atomic E-state index is 12.9. The molecule has 2 fully saturated rings. The Hall–Kier alpha value is -2.67. The summed E-state index contributed by atoms with van der Waals surface area (Å²) in [5.74, 6) is 6.23. The van der Waals surface area contributed by atoms with Gasteiger partial charge < -0.3 is 4.90 Å². The molecule has 1 aromatic heterocycles. The summed E-state index contributed by atoms with van der Waals surface area (Å²) in [5.41, 5.74) is 2.39. The highest BCUT2D eigenvalue weighted by atomic mass is 19.1. The van der Waals surface area contributed by atoms with Crippen molar-refractivity contribution in [2.75, 3.05) is 7.05 Å². The maximum Gasteiger partial charge on any atom is 0.232 e. The lowest BCUT2D eigenvalue weighted by atomic mass is 9.89. The van der Waals surface area contributed by atoms with Gasteiger partial charge in [0.05, 0.1) is 11.6 Å². The largest absolute Gasteiger partial charge is 0.342 e. The van der Waals surface area contributed by atoms with E-state index in [1.165, 1.54) is 18.6 Å². The third kappa shape index (κ3) is 2.91. The lowest BCUT2D eigenvalue weighted by Crippen LogP contribution is -2.29. The molecule has 1 aromatic carbocycles. The summed E-state index contributed by atoms with van der Waals surface area (Å²) in [6.45, 7) is 0. The molecule has 2 aromatic rings. The van der Waals surface area contributed by atoms with Gasteiger partial charge in [-0.3, -0.25) is 9.78 Å². The second kappa shape index (κ2) is 6.33. The van der Waals surface area contributed by atoms with Crippen LogP contribution in [0.15, 0.2) is 42.6 Å². The molecule has 126 valence electrons. The number of aromatic nitrogens is 1. The van der Waals surface area contributed by atoms with Crippen LogP contribution in [0, 0.1) is 23.6 Å². The van der Waals surface area contributed by atoms with E-state index in [0.29, 0.717) is 12.0 Å². The number of carbonyl (C=O) groups excluding carboxylic acids is 1. The molecule has 3 nitrogen and oxygen atoms in total. The first-order valence-electron chi connectivity index (χ1n) is 8.64. The molecular weight excluding hydrogens is 315 g/mol. The number of hydrogen-bond donors (Lipinski definition) is 0. The van der Waals surface area contributed by atoms with Crippen LogP contribution in [-0.2, 0) is 4.79 Å². The van der Waals surface area contributed by atoms with Crippen LogP contribution in [0.5, 0.6) is 0 Å². The Kier molecular flexibility index (Phi) is 4.01. The van der Waals surface area contributed by atoms with Gasteiger partial charge in [0, 0.05) is 30.4 Å². The first kappa shape index (κ1) is 15.8. The number of pyridine rings is 1. The highest BCUT2D eigenvalue weighted by Crippen LogP contribution is 2.45. The van der Waals surface area contributed by atoms with Crippen LogP contribution in [-0.4, -0.2) is 28.9 Å². The van der Waals surface area contributed by atoms with E-state index < -0.39 is 0 Å². The summed E-state index contributed by atoms with van der Waals surface area (Å²) in [6, 6.07) is 10.3. The molecule has 0 radical (unpaired) electrons. The molecular formula is C21H19FN2O. The SMILES string of the molecule is CN1C(=O)[C@@H](c2ccc(C#Cc3ccc(F)cc3)cn2)[C@@H]2CCC[C@@H]21. The van der Waals surface area contributed by atoms with Crippen molar-refractivity contribution in [1.29, 1.82) is 0 Å². The predicted octanol–water partition coefficient (Wildman–Crippen LogP) is 3.34. The van der Waals surface area contributed by atoms with E-state index in [4.69, 9.17) is 0 Å². The Morgan fingerprint density at radius 1 is 1.08 bits per heavy atom. The zero-order valence-corrected chi connectivity index (χ0v) is 14.1. The van der Waals surface area contributed by atoms with E-state index in [9.17, 15) is 9.18 Å². The molecule has 0 spiro atoms. The lowest BCUT2D eigenvalue weighted by Gasteiger charge is -2.17. The predicted molar refractivity (Wildman–Crippen MR) is 93.3 cm³/mol.